The molecule has 3 aromatic carbocycles. The smallest absolute Gasteiger partial charge is 0.433 e. The molecule has 0 unspecified atom stereocenters. The summed E-state index contributed by atoms with van der Waals surface area (Å²) >= 11 is 0. The molecule has 0 radical (unpaired) electrons. The van der Waals surface area contributed by atoms with Crippen molar-refractivity contribution in [1.29, 1.82) is 0 Å². The van der Waals surface area contributed by atoms with Gasteiger partial charge in [-0.25, -0.2) is 17.9 Å². The summed E-state index contributed by atoms with van der Waals surface area (Å²) in [6.07, 6.45) is -3.14. The Morgan fingerprint density at radius 3 is 2.35 bits per heavy atom. The topological polar surface area (TPSA) is 93.8 Å². The van der Waals surface area contributed by atoms with Gasteiger partial charge in [0.05, 0.1) is 21.9 Å². The molecule has 0 spiro atoms. The molecule has 0 aliphatic rings. The van der Waals surface area contributed by atoms with Crippen molar-refractivity contribution >= 4 is 15.5 Å². The molecule has 5 rings (SSSR count). The second-order valence-electron chi connectivity index (χ2n) is 9.05. The summed E-state index contributed by atoms with van der Waals surface area (Å²) < 4.78 is 73.3. The summed E-state index contributed by atoms with van der Waals surface area (Å²) in [7, 11) is -3.61. The zero-order valence-electron chi connectivity index (χ0n) is 21.0. The van der Waals surface area contributed by atoms with Crippen LogP contribution in [0.15, 0.2) is 96.0 Å². The van der Waals surface area contributed by atoms with E-state index >= 15 is 0 Å². The van der Waals surface area contributed by atoms with E-state index in [1.165, 1.54) is 12.1 Å². The van der Waals surface area contributed by atoms with Crippen molar-refractivity contribution in [3.05, 3.63) is 108 Å². The van der Waals surface area contributed by atoms with Crippen molar-refractivity contribution in [2.75, 3.05) is 12.4 Å². The fraction of sp³-hybridized carbons (Fsp3) is 0.172. The van der Waals surface area contributed by atoms with Gasteiger partial charge in [0, 0.05) is 19.2 Å². The zero-order chi connectivity index (χ0) is 28.3. The Morgan fingerprint density at radius 1 is 0.900 bits per heavy atom. The van der Waals surface area contributed by atoms with Crippen molar-refractivity contribution in [1.82, 2.24) is 14.6 Å². The van der Waals surface area contributed by atoms with Gasteiger partial charge in [0.15, 0.2) is 15.5 Å². The number of aliphatic hydroxyl groups is 1. The first-order chi connectivity index (χ1) is 19.2. The highest BCUT2D eigenvalue weighted by Gasteiger charge is 2.35. The van der Waals surface area contributed by atoms with Gasteiger partial charge in [-0.2, -0.15) is 18.3 Å². The van der Waals surface area contributed by atoms with Gasteiger partial charge in [-0.1, -0.05) is 48.5 Å². The Hall–Kier alpha value is -4.22. The van der Waals surface area contributed by atoms with E-state index in [0.29, 0.717) is 22.6 Å². The lowest BCUT2D eigenvalue weighted by Crippen LogP contribution is -2.12. The quantitative estimate of drug-likeness (QED) is 0.237. The summed E-state index contributed by atoms with van der Waals surface area (Å²) in [5, 5.41) is 13.3. The number of halogens is 3. The average Bonchev–Trinajstić information content (AvgIpc) is 3.30. The number of nitrogens with zero attached hydrogens (tertiary/aromatic N) is 3. The predicted octanol–water partition coefficient (Wildman–Crippen LogP) is 5.95. The van der Waals surface area contributed by atoms with E-state index in [1.54, 1.807) is 36.4 Å². The normalized spacial score (nSPS) is 12.1. The molecule has 0 saturated heterocycles. The number of alkyl halides is 3. The van der Waals surface area contributed by atoms with Gasteiger partial charge in [-0.15, -0.1) is 0 Å². The van der Waals surface area contributed by atoms with Crippen LogP contribution >= 0.6 is 0 Å². The van der Waals surface area contributed by atoms with Gasteiger partial charge >= 0.3 is 6.18 Å². The lowest BCUT2D eigenvalue weighted by molar-refractivity contribution is -0.142. The largest absolute Gasteiger partial charge is 0.457 e. The Kier molecular flexibility index (Phi) is 7.59. The number of hydrogen-bond donors (Lipinski definition) is 1. The Balaban J connectivity index is 1.56. The summed E-state index contributed by atoms with van der Waals surface area (Å²) in [5.74, 6) is 0.414. The van der Waals surface area contributed by atoms with Crippen molar-refractivity contribution in [2.45, 2.75) is 23.9 Å². The standard InChI is InChI=1S/C29H24F3N3O4S/c30-29(31,32)26-13-14-33-28-27(25(34-35(26)28)17-20-7-2-1-3-8-20)21-9-4-10-22(18-21)39-23-11-5-12-24(19-23)40(37,38)16-6-15-36/h1-5,7-14,18-19,36H,6,15-17H2. The first-order valence-corrected chi connectivity index (χ1v) is 14.0. The van der Waals surface area contributed by atoms with Gasteiger partial charge in [0.2, 0.25) is 0 Å². The highest BCUT2D eigenvalue weighted by Crippen LogP contribution is 2.36. The number of fused-ring (bicyclic) bond motifs is 1. The number of hydrogen-bond acceptors (Lipinski definition) is 6. The predicted molar refractivity (Wildman–Crippen MR) is 143 cm³/mol. The SMILES string of the molecule is O=S(=O)(CCCO)c1cccc(Oc2cccc(-c3c(Cc4ccccc4)nn4c(C(F)(F)F)ccnc34)c2)c1. The van der Waals surface area contributed by atoms with Crippen molar-refractivity contribution < 1.29 is 31.4 Å². The lowest BCUT2D eigenvalue weighted by Gasteiger charge is -2.10. The van der Waals surface area contributed by atoms with Crippen LogP contribution in [-0.4, -0.2) is 40.5 Å². The van der Waals surface area contributed by atoms with Gasteiger partial charge in [-0.05, 0) is 53.9 Å². The van der Waals surface area contributed by atoms with Gasteiger partial charge in [-0.3, -0.25) is 0 Å². The van der Waals surface area contributed by atoms with E-state index in [-0.39, 0.29) is 41.5 Å². The number of aliphatic hydroxyl groups excluding tert-OH is 1. The monoisotopic (exact) mass is 567 g/mol. The molecular weight excluding hydrogens is 543 g/mol. The van der Waals surface area contributed by atoms with E-state index in [1.807, 2.05) is 30.3 Å². The van der Waals surface area contributed by atoms with Crippen LogP contribution in [0.4, 0.5) is 13.2 Å². The van der Waals surface area contributed by atoms with Crippen LogP contribution in [0.2, 0.25) is 0 Å². The van der Waals surface area contributed by atoms with E-state index in [4.69, 9.17) is 9.84 Å². The minimum atomic E-state index is -4.64. The Bertz CT molecular complexity index is 1750. The molecule has 1 N–H and O–H groups in total. The van der Waals surface area contributed by atoms with Crippen molar-refractivity contribution in [3.63, 3.8) is 0 Å². The zero-order valence-corrected chi connectivity index (χ0v) is 21.9. The third-order valence-corrected chi connectivity index (χ3v) is 7.99. The molecular formula is C29H24F3N3O4S. The van der Waals surface area contributed by atoms with Gasteiger partial charge < -0.3 is 9.84 Å². The number of sulfone groups is 1. The molecule has 11 heteroatoms. The van der Waals surface area contributed by atoms with Crippen LogP contribution in [0.1, 0.15) is 23.4 Å². The van der Waals surface area contributed by atoms with Crippen LogP contribution in [0.3, 0.4) is 0 Å². The highest BCUT2D eigenvalue weighted by molar-refractivity contribution is 7.91. The molecule has 0 aliphatic heterocycles. The number of benzene rings is 3. The maximum Gasteiger partial charge on any atom is 0.433 e. The van der Waals surface area contributed by atoms with Crippen LogP contribution in [0, 0.1) is 0 Å². The Morgan fingerprint density at radius 2 is 1.62 bits per heavy atom. The Labute approximate surface area is 228 Å². The van der Waals surface area contributed by atoms with Gasteiger partial charge in [0.25, 0.3) is 0 Å². The summed E-state index contributed by atoms with van der Waals surface area (Å²) in [5.41, 5.74) is 1.36. The number of aromatic nitrogens is 3. The minimum absolute atomic E-state index is 0.0508. The van der Waals surface area contributed by atoms with Crippen LogP contribution in [0.25, 0.3) is 16.8 Å². The molecule has 0 fully saturated rings. The molecule has 0 aliphatic carbocycles. The van der Waals surface area contributed by atoms with E-state index in [2.05, 4.69) is 10.1 Å². The van der Waals surface area contributed by atoms with Crippen LogP contribution in [0.5, 0.6) is 11.5 Å². The molecule has 5 aromatic rings. The van der Waals surface area contributed by atoms with Crippen molar-refractivity contribution in [3.8, 4) is 22.6 Å². The van der Waals surface area contributed by atoms with Crippen LogP contribution < -0.4 is 4.74 Å². The fourth-order valence-electron chi connectivity index (χ4n) is 4.37. The molecule has 0 saturated carbocycles. The molecule has 0 bridgehead atoms. The second-order valence-corrected chi connectivity index (χ2v) is 11.2. The molecule has 7 nitrogen and oxygen atoms in total. The highest BCUT2D eigenvalue weighted by atomic mass is 32.2. The van der Waals surface area contributed by atoms with Gasteiger partial charge in [0.1, 0.15) is 17.2 Å². The molecule has 0 atom stereocenters. The van der Waals surface area contributed by atoms with E-state index < -0.39 is 21.7 Å². The van der Waals surface area contributed by atoms with E-state index in [9.17, 15) is 21.6 Å². The lowest BCUT2D eigenvalue weighted by atomic mass is 10.0. The summed E-state index contributed by atoms with van der Waals surface area (Å²) in [6, 6.07) is 22.9. The molecule has 2 heterocycles. The van der Waals surface area contributed by atoms with E-state index in [0.717, 1.165) is 22.3 Å². The maximum absolute atomic E-state index is 13.8. The molecule has 0 amide bonds. The number of ether oxygens (including phenoxy) is 1. The third kappa shape index (κ3) is 5.85. The molecule has 206 valence electrons. The molecule has 40 heavy (non-hydrogen) atoms. The number of rotatable bonds is 9. The fourth-order valence-corrected chi connectivity index (χ4v) is 5.69. The first kappa shape index (κ1) is 27.4. The maximum atomic E-state index is 13.8. The average molecular weight is 568 g/mol. The second kappa shape index (κ2) is 11.1. The molecule has 2 aromatic heterocycles. The van der Waals surface area contributed by atoms with Crippen molar-refractivity contribution in [2.24, 2.45) is 0 Å². The minimum Gasteiger partial charge on any atom is -0.457 e. The summed E-state index contributed by atoms with van der Waals surface area (Å²) in [6.45, 7) is -0.239. The van der Waals surface area contributed by atoms with Crippen LogP contribution in [-0.2, 0) is 22.4 Å². The summed E-state index contributed by atoms with van der Waals surface area (Å²) in [4.78, 5) is 4.31. The first-order valence-electron chi connectivity index (χ1n) is 12.4. The third-order valence-electron chi connectivity index (χ3n) is 6.19.